The Bertz CT molecular complexity index is 463. The Hall–Kier alpha value is -0.970. The van der Waals surface area contributed by atoms with Crippen molar-refractivity contribution in [2.24, 2.45) is 5.92 Å². The Morgan fingerprint density at radius 2 is 1.91 bits per heavy atom. The van der Waals surface area contributed by atoms with Gasteiger partial charge in [-0.1, -0.05) is 25.1 Å². The Kier molecular flexibility index (Phi) is 11.1. The molecule has 23 heavy (non-hydrogen) atoms. The van der Waals surface area contributed by atoms with Crippen LogP contribution in [0.15, 0.2) is 24.3 Å². The molecule has 1 saturated heterocycles. The van der Waals surface area contributed by atoms with Gasteiger partial charge in [-0.15, -0.1) is 24.8 Å². The van der Waals surface area contributed by atoms with E-state index in [-0.39, 0.29) is 30.7 Å². The number of halogens is 2. The number of anilines is 1. The van der Waals surface area contributed by atoms with Gasteiger partial charge in [-0.05, 0) is 49.9 Å². The fraction of sp³-hybridized carbons (Fsp3) is 0.588. The van der Waals surface area contributed by atoms with E-state index in [1.807, 2.05) is 24.3 Å². The molecule has 0 saturated carbocycles. The molecule has 1 aliphatic heterocycles. The van der Waals surface area contributed by atoms with Crippen LogP contribution in [0.4, 0.5) is 5.69 Å². The zero-order valence-corrected chi connectivity index (χ0v) is 15.4. The maximum absolute atomic E-state index is 11.9. The molecule has 1 aromatic rings. The summed E-state index contributed by atoms with van der Waals surface area (Å²) in [5.74, 6) is 0.968. The standard InChI is InChI=1S/C17H27N3O.2ClH/c1-14-8-11-20(12-9-14)13-10-19-17(21)7-6-15-4-2-3-5-16(15)18;;/h2-5,14H,6-13,18H2,1H3,(H,19,21);2*1H. The Labute approximate surface area is 152 Å². The first-order valence-electron chi connectivity index (χ1n) is 7.97. The van der Waals surface area contributed by atoms with Crippen LogP contribution >= 0.6 is 24.8 Å². The van der Waals surface area contributed by atoms with Crippen molar-refractivity contribution in [1.82, 2.24) is 10.2 Å². The van der Waals surface area contributed by atoms with Gasteiger partial charge in [0.05, 0.1) is 0 Å². The Morgan fingerprint density at radius 1 is 1.26 bits per heavy atom. The summed E-state index contributed by atoms with van der Waals surface area (Å²) in [5, 5.41) is 3.01. The van der Waals surface area contributed by atoms with Crippen LogP contribution in [0.25, 0.3) is 0 Å². The molecule has 0 radical (unpaired) electrons. The van der Waals surface area contributed by atoms with Gasteiger partial charge in [0.2, 0.25) is 5.91 Å². The third-order valence-electron chi connectivity index (χ3n) is 4.30. The summed E-state index contributed by atoms with van der Waals surface area (Å²) >= 11 is 0. The van der Waals surface area contributed by atoms with E-state index >= 15 is 0 Å². The van der Waals surface area contributed by atoms with Crippen LogP contribution in [0.1, 0.15) is 31.7 Å². The minimum absolute atomic E-state index is 0. The third-order valence-corrected chi connectivity index (χ3v) is 4.30. The number of carbonyl (C=O) groups excluding carboxylic acids is 1. The number of rotatable bonds is 6. The number of amides is 1. The summed E-state index contributed by atoms with van der Waals surface area (Å²) in [4.78, 5) is 14.3. The number of aryl methyl sites for hydroxylation is 1. The van der Waals surface area contributed by atoms with Gasteiger partial charge in [-0.2, -0.15) is 0 Å². The zero-order chi connectivity index (χ0) is 15.1. The maximum atomic E-state index is 11.9. The largest absolute Gasteiger partial charge is 0.399 e. The number of benzene rings is 1. The molecule has 0 unspecified atom stereocenters. The first kappa shape index (κ1) is 22.0. The zero-order valence-electron chi connectivity index (χ0n) is 13.8. The molecule has 132 valence electrons. The van der Waals surface area contributed by atoms with E-state index in [9.17, 15) is 4.79 Å². The molecule has 0 bridgehead atoms. The van der Waals surface area contributed by atoms with E-state index in [0.717, 1.165) is 43.3 Å². The second-order valence-electron chi connectivity index (χ2n) is 6.07. The normalized spacial score (nSPS) is 15.3. The maximum Gasteiger partial charge on any atom is 0.220 e. The molecule has 1 aliphatic rings. The summed E-state index contributed by atoms with van der Waals surface area (Å²) in [6.07, 6.45) is 3.77. The topological polar surface area (TPSA) is 58.4 Å². The van der Waals surface area contributed by atoms with Gasteiger partial charge in [0.25, 0.3) is 0 Å². The second kappa shape index (κ2) is 11.5. The number of nitrogens with zero attached hydrogens (tertiary/aromatic N) is 1. The smallest absolute Gasteiger partial charge is 0.220 e. The fourth-order valence-corrected chi connectivity index (χ4v) is 2.74. The lowest BCUT2D eigenvalue weighted by Crippen LogP contribution is -2.39. The predicted octanol–water partition coefficient (Wildman–Crippen LogP) is 2.89. The van der Waals surface area contributed by atoms with Gasteiger partial charge in [0.1, 0.15) is 0 Å². The van der Waals surface area contributed by atoms with E-state index in [4.69, 9.17) is 5.73 Å². The fourth-order valence-electron chi connectivity index (χ4n) is 2.74. The minimum Gasteiger partial charge on any atom is -0.399 e. The number of hydrogen-bond donors (Lipinski definition) is 2. The number of likely N-dealkylation sites (tertiary alicyclic amines) is 1. The lowest BCUT2D eigenvalue weighted by Gasteiger charge is -2.30. The summed E-state index contributed by atoms with van der Waals surface area (Å²) in [6.45, 7) is 6.35. The highest BCUT2D eigenvalue weighted by atomic mass is 35.5. The molecule has 0 aliphatic carbocycles. The van der Waals surface area contributed by atoms with E-state index in [1.54, 1.807) is 0 Å². The molecule has 0 spiro atoms. The van der Waals surface area contributed by atoms with Crippen molar-refractivity contribution < 1.29 is 4.79 Å². The molecule has 1 heterocycles. The molecule has 1 amide bonds. The van der Waals surface area contributed by atoms with Crippen molar-refractivity contribution >= 4 is 36.4 Å². The number of nitrogen functional groups attached to an aromatic ring is 1. The van der Waals surface area contributed by atoms with Crippen LogP contribution in [-0.4, -0.2) is 37.0 Å². The van der Waals surface area contributed by atoms with Crippen LogP contribution in [-0.2, 0) is 11.2 Å². The molecular weight excluding hydrogens is 333 g/mol. The lowest BCUT2D eigenvalue weighted by atomic mass is 9.99. The average Bonchev–Trinajstić information content (AvgIpc) is 2.48. The van der Waals surface area contributed by atoms with Crippen LogP contribution in [0, 0.1) is 5.92 Å². The SMILES string of the molecule is CC1CCN(CCNC(=O)CCc2ccccc2N)CC1.Cl.Cl. The summed E-state index contributed by atoms with van der Waals surface area (Å²) in [5.41, 5.74) is 7.70. The third kappa shape index (κ3) is 7.91. The van der Waals surface area contributed by atoms with Crippen LogP contribution < -0.4 is 11.1 Å². The molecule has 1 fully saturated rings. The van der Waals surface area contributed by atoms with E-state index < -0.39 is 0 Å². The highest BCUT2D eigenvalue weighted by molar-refractivity contribution is 5.85. The molecule has 0 aromatic heterocycles. The van der Waals surface area contributed by atoms with Crippen molar-refractivity contribution in [2.45, 2.75) is 32.6 Å². The second-order valence-corrected chi connectivity index (χ2v) is 6.07. The predicted molar refractivity (Wildman–Crippen MR) is 102 cm³/mol. The van der Waals surface area contributed by atoms with Crippen LogP contribution in [0.5, 0.6) is 0 Å². The first-order chi connectivity index (χ1) is 10.1. The van der Waals surface area contributed by atoms with Crippen molar-refractivity contribution in [3.63, 3.8) is 0 Å². The highest BCUT2D eigenvalue weighted by Gasteiger charge is 2.15. The molecule has 4 nitrogen and oxygen atoms in total. The van der Waals surface area contributed by atoms with Gasteiger partial charge in [0.15, 0.2) is 0 Å². The van der Waals surface area contributed by atoms with Crippen molar-refractivity contribution in [2.75, 3.05) is 31.9 Å². The average molecular weight is 362 g/mol. The summed E-state index contributed by atoms with van der Waals surface area (Å²) in [6, 6.07) is 7.74. The van der Waals surface area contributed by atoms with Crippen molar-refractivity contribution in [1.29, 1.82) is 0 Å². The van der Waals surface area contributed by atoms with Crippen LogP contribution in [0.2, 0.25) is 0 Å². The number of para-hydroxylation sites is 1. The van der Waals surface area contributed by atoms with Crippen LogP contribution in [0.3, 0.4) is 0 Å². The Balaban J connectivity index is 0.00000242. The van der Waals surface area contributed by atoms with Crippen molar-refractivity contribution in [3.8, 4) is 0 Å². The van der Waals surface area contributed by atoms with E-state index in [2.05, 4.69) is 17.1 Å². The van der Waals surface area contributed by atoms with E-state index in [0.29, 0.717) is 12.8 Å². The lowest BCUT2D eigenvalue weighted by molar-refractivity contribution is -0.121. The molecule has 6 heteroatoms. The summed E-state index contributed by atoms with van der Waals surface area (Å²) < 4.78 is 0. The minimum atomic E-state index is 0. The molecule has 1 aromatic carbocycles. The number of carbonyl (C=O) groups is 1. The van der Waals surface area contributed by atoms with Gasteiger partial charge < -0.3 is 16.0 Å². The quantitative estimate of drug-likeness (QED) is 0.765. The van der Waals surface area contributed by atoms with Gasteiger partial charge >= 0.3 is 0 Å². The number of hydrogen-bond acceptors (Lipinski definition) is 3. The van der Waals surface area contributed by atoms with Gasteiger partial charge in [-0.25, -0.2) is 0 Å². The molecule has 2 rings (SSSR count). The summed E-state index contributed by atoms with van der Waals surface area (Å²) in [7, 11) is 0. The van der Waals surface area contributed by atoms with Crippen molar-refractivity contribution in [3.05, 3.63) is 29.8 Å². The number of nitrogens with one attached hydrogen (secondary N) is 1. The molecule has 0 atom stereocenters. The van der Waals surface area contributed by atoms with E-state index in [1.165, 1.54) is 12.8 Å². The first-order valence-corrected chi connectivity index (χ1v) is 7.97. The van der Waals surface area contributed by atoms with Gasteiger partial charge in [0, 0.05) is 25.2 Å². The number of nitrogens with two attached hydrogens (primary N) is 1. The molecular formula is C17H29Cl2N3O. The monoisotopic (exact) mass is 361 g/mol. The van der Waals surface area contributed by atoms with Gasteiger partial charge in [-0.3, -0.25) is 4.79 Å². The number of piperidine rings is 1. The highest BCUT2D eigenvalue weighted by Crippen LogP contribution is 2.15. The molecule has 3 N–H and O–H groups in total. The Morgan fingerprint density at radius 3 is 2.57 bits per heavy atom.